The lowest BCUT2D eigenvalue weighted by atomic mass is 10.00. The summed E-state index contributed by atoms with van der Waals surface area (Å²) in [5.41, 5.74) is 0.885. The molecule has 0 radical (unpaired) electrons. The second kappa shape index (κ2) is 4.53. The summed E-state index contributed by atoms with van der Waals surface area (Å²) < 4.78 is 1.62. The minimum atomic E-state index is -0.238. The first-order chi connectivity index (χ1) is 9.15. The van der Waals surface area contributed by atoms with Crippen LogP contribution in [0.5, 0.6) is 5.88 Å². The molecule has 1 aliphatic rings. The summed E-state index contributed by atoms with van der Waals surface area (Å²) in [6.45, 7) is 0. The third-order valence-corrected chi connectivity index (χ3v) is 3.68. The third-order valence-electron chi connectivity index (χ3n) is 3.68. The van der Waals surface area contributed by atoms with Crippen molar-refractivity contribution in [2.24, 2.45) is 7.05 Å². The van der Waals surface area contributed by atoms with Crippen LogP contribution in [-0.2, 0) is 7.05 Å². The van der Waals surface area contributed by atoms with E-state index in [2.05, 4.69) is 15.1 Å². The van der Waals surface area contributed by atoms with Crippen LogP contribution in [0.15, 0.2) is 17.2 Å². The second-order valence-electron chi connectivity index (χ2n) is 5.04. The zero-order valence-electron chi connectivity index (χ0n) is 10.8. The molecule has 100 valence electrons. The molecule has 0 atom stereocenters. The molecule has 0 aliphatic heterocycles. The molecule has 1 saturated carbocycles. The van der Waals surface area contributed by atoms with Gasteiger partial charge in [-0.25, -0.2) is 0 Å². The number of aromatic amines is 1. The Bertz CT molecular complexity index is 653. The van der Waals surface area contributed by atoms with Gasteiger partial charge in [0, 0.05) is 13.2 Å². The Morgan fingerprint density at radius 2 is 2.16 bits per heavy atom. The van der Waals surface area contributed by atoms with Gasteiger partial charge in [0.1, 0.15) is 5.82 Å². The van der Waals surface area contributed by atoms with E-state index in [0.717, 1.165) is 25.7 Å². The monoisotopic (exact) mass is 260 g/mol. The SMILES string of the molecule is Cn1cc(-c2nc(O)c(C3CCCC3)c(=O)[nH]2)cn1. The summed E-state index contributed by atoms with van der Waals surface area (Å²) in [6, 6.07) is 0. The van der Waals surface area contributed by atoms with Gasteiger partial charge in [-0.15, -0.1) is 0 Å². The van der Waals surface area contributed by atoms with E-state index in [9.17, 15) is 9.90 Å². The molecule has 0 amide bonds. The molecule has 2 N–H and O–H groups in total. The van der Waals surface area contributed by atoms with Gasteiger partial charge in [0.15, 0.2) is 0 Å². The average molecular weight is 260 g/mol. The standard InChI is InChI=1S/C13H16N4O2/c1-17-7-9(6-14-17)11-15-12(18)10(13(19)16-11)8-4-2-3-5-8/h6-8H,2-5H2,1H3,(H2,15,16,18,19). The highest BCUT2D eigenvalue weighted by atomic mass is 16.3. The van der Waals surface area contributed by atoms with Gasteiger partial charge in [0.2, 0.25) is 5.88 Å². The lowest BCUT2D eigenvalue weighted by Gasteiger charge is -2.10. The lowest BCUT2D eigenvalue weighted by molar-refractivity contribution is 0.436. The highest BCUT2D eigenvalue weighted by Crippen LogP contribution is 2.35. The highest BCUT2D eigenvalue weighted by Gasteiger charge is 2.24. The van der Waals surface area contributed by atoms with Crippen LogP contribution in [0.3, 0.4) is 0 Å². The first kappa shape index (κ1) is 12.0. The molecule has 1 aliphatic carbocycles. The molecule has 6 nitrogen and oxygen atoms in total. The summed E-state index contributed by atoms with van der Waals surface area (Å²) in [6.07, 6.45) is 7.46. The maximum absolute atomic E-state index is 12.1. The molecule has 6 heteroatoms. The van der Waals surface area contributed by atoms with Crippen LogP contribution in [0.4, 0.5) is 0 Å². The highest BCUT2D eigenvalue weighted by molar-refractivity contribution is 5.53. The van der Waals surface area contributed by atoms with Gasteiger partial charge < -0.3 is 10.1 Å². The van der Waals surface area contributed by atoms with Crippen LogP contribution in [0.1, 0.15) is 37.2 Å². The molecular formula is C13H16N4O2. The summed E-state index contributed by atoms with van der Waals surface area (Å²) in [5.74, 6) is 0.353. The van der Waals surface area contributed by atoms with E-state index in [1.165, 1.54) is 0 Å². The number of aryl methyl sites for hydroxylation is 1. The van der Waals surface area contributed by atoms with Crippen LogP contribution in [0, 0.1) is 0 Å². The maximum Gasteiger partial charge on any atom is 0.258 e. The fourth-order valence-electron chi connectivity index (χ4n) is 2.73. The van der Waals surface area contributed by atoms with Gasteiger partial charge in [0.05, 0.1) is 17.3 Å². The fourth-order valence-corrected chi connectivity index (χ4v) is 2.73. The molecule has 2 aromatic rings. The van der Waals surface area contributed by atoms with Crippen molar-refractivity contribution in [1.29, 1.82) is 0 Å². The third kappa shape index (κ3) is 2.14. The van der Waals surface area contributed by atoms with Gasteiger partial charge in [-0.1, -0.05) is 12.8 Å². The van der Waals surface area contributed by atoms with Crippen LogP contribution >= 0.6 is 0 Å². The van der Waals surface area contributed by atoms with E-state index >= 15 is 0 Å². The Hall–Kier alpha value is -2.11. The van der Waals surface area contributed by atoms with Crippen molar-refractivity contribution >= 4 is 0 Å². The number of aromatic hydroxyl groups is 1. The Balaban J connectivity index is 2.04. The Morgan fingerprint density at radius 3 is 2.74 bits per heavy atom. The summed E-state index contributed by atoms with van der Waals surface area (Å²) in [4.78, 5) is 19.0. The van der Waals surface area contributed by atoms with Gasteiger partial charge in [0.25, 0.3) is 5.56 Å². The predicted molar refractivity (Wildman–Crippen MR) is 69.9 cm³/mol. The maximum atomic E-state index is 12.1. The molecule has 3 rings (SSSR count). The predicted octanol–water partition coefficient (Wildman–Crippen LogP) is 1.53. The number of hydrogen-bond acceptors (Lipinski definition) is 4. The molecule has 2 aromatic heterocycles. The van der Waals surface area contributed by atoms with Crippen molar-refractivity contribution in [3.05, 3.63) is 28.3 Å². The second-order valence-corrected chi connectivity index (χ2v) is 5.04. The molecule has 2 heterocycles. The Kier molecular flexibility index (Phi) is 2.85. The summed E-state index contributed by atoms with van der Waals surface area (Å²) in [7, 11) is 1.79. The lowest BCUT2D eigenvalue weighted by Crippen LogP contribution is -2.17. The normalized spacial score (nSPS) is 16.1. The van der Waals surface area contributed by atoms with Crippen LogP contribution in [0.2, 0.25) is 0 Å². The first-order valence-corrected chi connectivity index (χ1v) is 6.47. The largest absolute Gasteiger partial charge is 0.493 e. The zero-order chi connectivity index (χ0) is 13.4. The van der Waals surface area contributed by atoms with Crippen molar-refractivity contribution in [3.63, 3.8) is 0 Å². The molecule has 0 spiro atoms. The molecular weight excluding hydrogens is 244 g/mol. The molecule has 0 bridgehead atoms. The van der Waals surface area contributed by atoms with E-state index < -0.39 is 0 Å². The number of rotatable bonds is 2. The van der Waals surface area contributed by atoms with Gasteiger partial charge in [-0.05, 0) is 18.8 Å². The van der Waals surface area contributed by atoms with Crippen molar-refractivity contribution in [2.75, 3.05) is 0 Å². The number of H-pyrrole nitrogens is 1. The van der Waals surface area contributed by atoms with Crippen LogP contribution in [0.25, 0.3) is 11.4 Å². The van der Waals surface area contributed by atoms with Crippen LogP contribution < -0.4 is 5.56 Å². The molecule has 19 heavy (non-hydrogen) atoms. The minimum absolute atomic E-state index is 0.138. The van der Waals surface area contributed by atoms with Crippen molar-refractivity contribution < 1.29 is 5.11 Å². The van der Waals surface area contributed by atoms with Gasteiger partial charge in [-0.3, -0.25) is 9.48 Å². The van der Waals surface area contributed by atoms with E-state index in [1.807, 2.05) is 0 Å². The summed E-state index contributed by atoms with van der Waals surface area (Å²) in [5, 5.41) is 14.1. The number of nitrogens with one attached hydrogen (secondary N) is 1. The minimum Gasteiger partial charge on any atom is -0.493 e. The fraction of sp³-hybridized carbons (Fsp3) is 0.462. The molecule has 0 saturated heterocycles. The average Bonchev–Trinajstić information content (AvgIpc) is 2.99. The first-order valence-electron chi connectivity index (χ1n) is 6.47. The van der Waals surface area contributed by atoms with Crippen molar-refractivity contribution in [1.82, 2.24) is 19.7 Å². The Morgan fingerprint density at radius 1 is 1.42 bits per heavy atom. The van der Waals surface area contributed by atoms with Crippen molar-refractivity contribution in [3.8, 4) is 17.3 Å². The number of nitrogens with zero attached hydrogens (tertiary/aromatic N) is 3. The molecule has 1 fully saturated rings. The number of hydrogen-bond donors (Lipinski definition) is 2. The molecule has 0 aromatic carbocycles. The number of aromatic nitrogens is 4. The van der Waals surface area contributed by atoms with E-state index in [1.54, 1.807) is 24.1 Å². The van der Waals surface area contributed by atoms with E-state index in [0.29, 0.717) is 17.0 Å². The Labute approximate surface area is 110 Å². The van der Waals surface area contributed by atoms with Crippen molar-refractivity contribution in [2.45, 2.75) is 31.6 Å². The van der Waals surface area contributed by atoms with E-state index in [-0.39, 0.29) is 17.4 Å². The van der Waals surface area contributed by atoms with Crippen LogP contribution in [-0.4, -0.2) is 24.9 Å². The quantitative estimate of drug-likeness (QED) is 0.857. The summed E-state index contributed by atoms with van der Waals surface area (Å²) >= 11 is 0. The topological polar surface area (TPSA) is 83.8 Å². The van der Waals surface area contributed by atoms with Gasteiger partial charge in [-0.2, -0.15) is 10.1 Å². The van der Waals surface area contributed by atoms with E-state index in [4.69, 9.17) is 0 Å². The zero-order valence-corrected chi connectivity index (χ0v) is 10.8. The van der Waals surface area contributed by atoms with Gasteiger partial charge >= 0.3 is 0 Å². The molecule has 0 unspecified atom stereocenters. The smallest absolute Gasteiger partial charge is 0.258 e.